The van der Waals surface area contributed by atoms with Crippen molar-refractivity contribution in [2.24, 2.45) is 0 Å². The molecule has 4 aromatic carbocycles. The first-order valence-electron chi connectivity index (χ1n) is 14.3. The first-order chi connectivity index (χ1) is 20.3. The molecular weight excluding hydrogens is 707 g/mol. The molecule has 0 amide bonds. The zero-order valence-electron chi connectivity index (χ0n) is 25.0. The van der Waals surface area contributed by atoms with Crippen molar-refractivity contribution in [3.05, 3.63) is 133 Å². The molecule has 0 atom stereocenters. The molecule has 0 saturated carbocycles. The van der Waals surface area contributed by atoms with Gasteiger partial charge >= 0.3 is 0 Å². The Labute approximate surface area is 267 Å². The smallest absolute Gasteiger partial charge is 0.0889 e. The van der Waals surface area contributed by atoms with Gasteiger partial charge in [-0.25, -0.2) is 0 Å². The van der Waals surface area contributed by atoms with Crippen molar-refractivity contribution in [2.75, 3.05) is 11.9 Å². The average Bonchev–Trinajstić information content (AvgIpc) is 3.68. The molecule has 2 aromatic heterocycles. The molecule has 217 valence electrons. The summed E-state index contributed by atoms with van der Waals surface area (Å²) in [5, 5.41) is 4.44. The predicted octanol–water partition coefficient (Wildman–Crippen LogP) is 8.33. The number of hydrogen-bond acceptors (Lipinski definition) is 3. The van der Waals surface area contributed by atoms with E-state index < -0.39 is 0 Å². The second kappa shape index (κ2) is 10.8. The van der Waals surface area contributed by atoms with Gasteiger partial charge in [-0.05, 0) is 35.4 Å². The van der Waals surface area contributed by atoms with Crippen LogP contribution in [0.4, 0.5) is 11.4 Å². The van der Waals surface area contributed by atoms with E-state index in [1.807, 2.05) is 41.5 Å². The molecule has 0 bridgehead atoms. The van der Waals surface area contributed by atoms with E-state index in [0.717, 1.165) is 34.0 Å². The Morgan fingerprint density at radius 1 is 0.698 bits per heavy atom. The van der Waals surface area contributed by atoms with E-state index in [4.69, 9.17) is 4.98 Å². The summed E-state index contributed by atoms with van der Waals surface area (Å²) < 4.78 is 4.22. The number of imidazole rings is 1. The molecule has 2 aliphatic heterocycles. The second-order valence-electron chi connectivity index (χ2n) is 12.0. The van der Waals surface area contributed by atoms with Crippen LogP contribution in [0.3, 0.4) is 0 Å². The van der Waals surface area contributed by atoms with Crippen molar-refractivity contribution in [3.8, 4) is 33.9 Å². The summed E-state index contributed by atoms with van der Waals surface area (Å²) in [4.78, 5) is 6.99. The first kappa shape index (κ1) is 28.8. The molecule has 8 rings (SSSR count). The fourth-order valence-corrected chi connectivity index (χ4v) is 6.29. The Morgan fingerprint density at radius 2 is 1.40 bits per heavy atom. The summed E-state index contributed by atoms with van der Waals surface area (Å²) in [6, 6.07) is 39.9. The van der Waals surface area contributed by atoms with Crippen molar-refractivity contribution < 1.29 is 20.1 Å². The third-order valence-electron chi connectivity index (χ3n) is 9.32. The maximum absolute atomic E-state index is 4.75. The normalized spacial score (nSPS) is 14.8. The van der Waals surface area contributed by atoms with E-state index >= 15 is 0 Å². The van der Waals surface area contributed by atoms with E-state index in [-0.39, 0.29) is 30.9 Å². The summed E-state index contributed by atoms with van der Waals surface area (Å²) in [6.45, 7) is 9.18. The van der Waals surface area contributed by atoms with Crippen LogP contribution in [0.2, 0.25) is 0 Å². The average molecular weight is 740 g/mol. The summed E-state index contributed by atoms with van der Waals surface area (Å²) in [7, 11) is 2.12. The van der Waals surface area contributed by atoms with Crippen LogP contribution >= 0.6 is 0 Å². The minimum atomic E-state index is 0. The third kappa shape index (κ3) is 4.40. The maximum Gasteiger partial charge on any atom is 0.0889 e. The Kier molecular flexibility index (Phi) is 7.24. The predicted molar refractivity (Wildman–Crippen MR) is 170 cm³/mol. The molecule has 0 fully saturated rings. The Hall–Kier alpha value is -4.25. The van der Waals surface area contributed by atoms with E-state index in [1.54, 1.807) is 0 Å². The standard InChI is InChI=1S/C22H16N3.C15H17N2.Ir/c1-24-18-12-6-5-11-17(18)22-21(16-9-3-2-4-10-16)23-15-25(22)20-14-8-7-13-19(20)24;1-14(2)11-7-5-6-8-12(11)17-13(9-10-16-17)15(14,3)4;/h2-9,11-15H,1H3;5-7,9-10H,1-4H3;/q2*-1;. The maximum atomic E-state index is 4.75. The summed E-state index contributed by atoms with van der Waals surface area (Å²) >= 11 is 0. The molecule has 5 nitrogen and oxygen atoms in total. The van der Waals surface area contributed by atoms with Crippen LogP contribution in [-0.2, 0) is 30.9 Å². The van der Waals surface area contributed by atoms with Crippen LogP contribution in [0.5, 0.6) is 0 Å². The second-order valence-corrected chi connectivity index (χ2v) is 12.0. The summed E-state index contributed by atoms with van der Waals surface area (Å²) in [5.74, 6) is 0. The van der Waals surface area contributed by atoms with Gasteiger partial charge in [0.15, 0.2) is 0 Å². The fourth-order valence-electron chi connectivity index (χ4n) is 6.29. The van der Waals surface area contributed by atoms with Gasteiger partial charge in [-0.15, -0.1) is 41.5 Å². The van der Waals surface area contributed by atoms with Gasteiger partial charge in [0.05, 0.1) is 17.7 Å². The van der Waals surface area contributed by atoms with Gasteiger partial charge in [-0.2, -0.15) is 29.4 Å². The van der Waals surface area contributed by atoms with Crippen molar-refractivity contribution >= 4 is 11.4 Å². The number of aromatic nitrogens is 4. The number of fused-ring (bicyclic) bond motifs is 8. The monoisotopic (exact) mass is 740 g/mol. The van der Waals surface area contributed by atoms with Crippen LogP contribution in [-0.4, -0.2) is 26.4 Å². The van der Waals surface area contributed by atoms with Crippen LogP contribution in [0, 0.1) is 12.1 Å². The molecule has 1 radical (unpaired) electrons. The summed E-state index contributed by atoms with van der Waals surface area (Å²) in [6.07, 6.45) is 3.80. The number of rotatable bonds is 1. The summed E-state index contributed by atoms with van der Waals surface area (Å²) in [5.41, 5.74) is 11.5. The first-order valence-corrected chi connectivity index (χ1v) is 14.3. The SMILES string of the molecule is CC1(C)c2ccc[c-]c2-n2nccc2C1(C)C.CN1c2ccccc2-c2c(-c3[c-]cccc3)ncn2-c2ccccc21.[Ir]. The van der Waals surface area contributed by atoms with Crippen LogP contribution in [0.1, 0.15) is 39.0 Å². The Bertz CT molecular complexity index is 1910. The van der Waals surface area contributed by atoms with Gasteiger partial charge in [-0.3, -0.25) is 9.67 Å². The van der Waals surface area contributed by atoms with Gasteiger partial charge < -0.3 is 9.47 Å². The van der Waals surface area contributed by atoms with Crippen molar-refractivity contribution in [1.29, 1.82) is 0 Å². The van der Waals surface area contributed by atoms with Crippen molar-refractivity contribution in [3.63, 3.8) is 0 Å². The number of para-hydroxylation sites is 4. The van der Waals surface area contributed by atoms with E-state index in [2.05, 4.69) is 134 Å². The van der Waals surface area contributed by atoms with E-state index in [0.29, 0.717) is 0 Å². The largest absolute Gasteiger partial charge is 0.342 e. The number of anilines is 2. The topological polar surface area (TPSA) is 38.9 Å². The van der Waals surface area contributed by atoms with Gasteiger partial charge in [0, 0.05) is 67.1 Å². The van der Waals surface area contributed by atoms with Crippen LogP contribution in [0.25, 0.3) is 33.9 Å². The van der Waals surface area contributed by atoms with E-state index in [1.165, 1.54) is 22.5 Å². The zero-order chi connectivity index (χ0) is 29.1. The third-order valence-corrected chi connectivity index (χ3v) is 9.32. The quantitative estimate of drug-likeness (QED) is 0.159. The zero-order valence-corrected chi connectivity index (χ0v) is 27.4. The molecule has 0 unspecified atom stereocenters. The molecule has 43 heavy (non-hydrogen) atoms. The molecular formula is C37H33IrN5-2. The molecule has 4 heterocycles. The molecule has 0 saturated heterocycles. The van der Waals surface area contributed by atoms with E-state index in [9.17, 15) is 0 Å². The van der Waals surface area contributed by atoms with Gasteiger partial charge in [0.1, 0.15) is 0 Å². The van der Waals surface area contributed by atoms with Gasteiger partial charge in [0.25, 0.3) is 0 Å². The Morgan fingerprint density at radius 3 is 2.16 bits per heavy atom. The number of hydrogen-bond donors (Lipinski definition) is 0. The molecule has 0 spiro atoms. The van der Waals surface area contributed by atoms with Crippen molar-refractivity contribution in [1.82, 2.24) is 19.3 Å². The number of benzene rings is 4. The minimum absolute atomic E-state index is 0. The molecule has 0 aliphatic carbocycles. The van der Waals surface area contributed by atoms with Crippen LogP contribution in [0.15, 0.2) is 110 Å². The van der Waals surface area contributed by atoms with Gasteiger partial charge in [0.2, 0.25) is 0 Å². The molecule has 6 heteroatoms. The van der Waals surface area contributed by atoms with Crippen LogP contribution < -0.4 is 4.90 Å². The minimum Gasteiger partial charge on any atom is -0.342 e. The molecule has 6 aromatic rings. The molecule has 2 aliphatic rings. The van der Waals surface area contributed by atoms with Gasteiger partial charge in [-0.1, -0.05) is 58.0 Å². The molecule has 0 N–H and O–H groups in total. The number of nitrogens with zero attached hydrogens (tertiary/aromatic N) is 5. The Balaban J connectivity index is 0.000000161. The fraction of sp³-hybridized carbons (Fsp3) is 0.189. The van der Waals surface area contributed by atoms with Crippen molar-refractivity contribution in [2.45, 2.75) is 38.5 Å².